The zero-order chi connectivity index (χ0) is 23.8. The van der Waals surface area contributed by atoms with E-state index >= 15 is 0 Å². The van der Waals surface area contributed by atoms with Crippen LogP contribution in [0.3, 0.4) is 0 Å². The van der Waals surface area contributed by atoms with Crippen molar-refractivity contribution < 1.29 is 27.5 Å². The summed E-state index contributed by atoms with van der Waals surface area (Å²) in [4.78, 5) is 38.8. The molecule has 2 atom stereocenters. The Kier molecular flexibility index (Phi) is 6.58. The van der Waals surface area contributed by atoms with Gasteiger partial charge in [-0.3, -0.25) is 14.4 Å². The van der Waals surface area contributed by atoms with E-state index in [1.807, 2.05) is 0 Å². The minimum absolute atomic E-state index is 0.0632. The number of anilines is 1. The Morgan fingerprint density at radius 2 is 1.88 bits per heavy atom. The molecule has 33 heavy (non-hydrogen) atoms. The number of esters is 1. The normalized spacial score (nSPS) is 21.2. The lowest BCUT2D eigenvalue weighted by Gasteiger charge is -2.19. The average Bonchev–Trinajstić information content (AvgIpc) is 3.25. The molecule has 2 aromatic rings. The molecule has 1 aromatic carbocycles. The van der Waals surface area contributed by atoms with Gasteiger partial charge < -0.3 is 15.4 Å². The molecule has 2 aliphatic rings. The summed E-state index contributed by atoms with van der Waals surface area (Å²) in [6.07, 6.45) is 2.86. The van der Waals surface area contributed by atoms with Gasteiger partial charge in [0.2, 0.25) is 0 Å². The van der Waals surface area contributed by atoms with Gasteiger partial charge in [-0.05, 0) is 49.3 Å². The van der Waals surface area contributed by atoms with Crippen LogP contribution >= 0.6 is 11.3 Å². The Morgan fingerprint density at radius 1 is 1.12 bits per heavy atom. The van der Waals surface area contributed by atoms with Crippen LogP contribution in [0.25, 0.3) is 0 Å². The third-order valence-electron chi connectivity index (χ3n) is 5.92. The van der Waals surface area contributed by atoms with Crippen LogP contribution < -0.4 is 15.4 Å². The van der Waals surface area contributed by atoms with Crippen molar-refractivity contribution in [3.63, 3.8) is 0 Å². The van der Waals surface area contributed by atoms with Crippen molar-refractivity contribution in [3.05, 3.63) is 45.8 Å². The molecule has 1 saturated heterocycles. The summed E-state index contributed by atoms with van der Waals surface area (Å²) >= 11 is 1.38. The van der Waals surface area contributed by atoms with Gasteiger partial charge in [-0.1, -0.05) is 19.1 Å². The van der Waals surface area contributed by atoms with Crippen LogP contribution in [0.4, 0.5) is 5.00 Å². The smallest absolute Gasteiger partial charge is 0.308 e. The summed E-state index contributed by atoms with van der Waals surface area (Å²) in [6.45, 7) is 3.41. The summed E-state index contributed by atoms with van der Waals surface area (Å²) < 4.78 is 28.8. The molecule has 0 saturated carbocycles. The molecule has 1 aromatic heterocycles. The Bertz CT molecular complexity index is 1220. The number of sulfone groups is 1. The summed E-state index contributed by atoms with van der Waals surface area (Å²) in [6, 6.07) is 5.97. The number of amides is 2. The standard InChI is InChI=1S/C23H26N2O6S2/c1-13-7-8-17-19(11-13)32-23(20(17)22(28)24-15-9-10-33(29,30)12-15)25-21(27)16-5-3-4-6-18(16)31-14(2)26/h3-6,13,15H,7-12H2,1-2H3,(H,24,28)(H,25,27). The van der Waals surface area contributed by atoms with Crippen molar-refractivity contribution in [2.24, 2.45) is 5.92 Å². The fourth-order valence-corrected chi connectivity index (χ4v) is 7.39. The van der Waals surface area contributed by atoms with Crippen molar-refractivity contribution in [2.75, 3.05) is 16.8 Å². The predicted molar refractivity (Wildman–Crippen MR) is 126 cm³/mol. The molecule has 0 radical (unpaired) electrons. The van der Waals surface area contributed by atoms with Crippen molar-refractivity contribution in [1.82, 2.24) is 5.32 Å². The topological polar surface area (TPSA) is 119 Å². The molecule has 1 aliphatic carbocycles. The zero-order valence-electron chi connectivity index (χ0n) is 18.5. The molecule has 0 spiro atoms. The first-order chi connectivity index (χ1) is 15.6. The molecule has 1 aliphatic heterocycles. The van der Waals surface area contributed by atoms with E-state index in [2.05, 4.69) is 17.6 Å². The van der Waals surface area contributed by atoms with E-state index in [0.717, 1.165) is 29.7 Å². The van der Waals surface area contributed by atoms with Gasteiger partial charge in [-0.15, -0.1) is 11.3 Å². The number of hydrogen-bond donors (Lipinski definition) is 2. The van der Waals surface area contributed by atoms with E-state index in [-0.39, 0.29) is 28.7 Å². The zero-order valence-corrected chi connectivity index (χ0v) is 20.1. The van der Waals surface area contributed by atoms with Crippen molar-refractivity contribution in [3.8, 4) is 5.75 Å². The van der Waals surface area contributed by atoms with Crippen LogP contribution in [0.2, 0.25) is 0 Å². The van der Waals surface area contributed by atoms with Gasteiger partial charge in [-0.2, -0.15) is 0 Å². The SMILES string of the molecule is CC(=O)Oc1ccccc1C(=O)Nc1sc2c(c1C(=O)NC1CCS(=O)(=O)C1)CCC(C)C2. The van der Waals surface area contributed by atoms with E-state index in [1.54, 1.807) is 18.2 Å². The third kappa shape index (κ3) is 5.27. The van der Waals surface area contributed by atoms with Crippen molar-refractivity contribution in [1.29, 1.82) is 0 Å². The van der Waals surface area contributed by atoms with Gasteiger partial charge in [0, 0.05) is 17.8 Å². The quantitative estimate of drug-likeness (QED) is 0.491. The fraction of sp³-hybridized carbons (Fsp3) is 0.435. The molecule has 8 nitrogen and oxygen atoms in total. The van der Waals surface area contributed by atoms with E-state index in [1.165, 1.54) is 24.3 Å². The Labute approximate surface area is 196 Å². The molecule has 10 heteroatoms. The monoisotopic (exact) mass is 490 g/mol. The second kappa shape index (κ2) is 9.26. The lowest BCUT2D eigenvalue weighted by molar-refractivity contribution is -0.131. The molecular weight excluding hydrogens is 464 g/mol. The molecule has 1 fully saturated rings. The molecule has 2 amide bonds. The lowest BCUT2D eigenvalue weighted by atomic mass is 9.88. The second-order valence-corrected chi connectivity index (χ2v) is 12.0. The summed E-state index contributed by atoms with van der Waals surface area (Å²) in [5.74, 6) is -0.793. The molecule has 2 unspecified atom stereocenters. The van der Waals surface area contributed by atoms with Gasteiger partial charge >= 0.3 is 5.97 Å². The van der Waals surface area contributed by atoms with Crippen molar-refractivity contribution in [2.45, 2.75) is 45.6 Å². The Morgan fingerprint density at radius 3 is 2.58 bits per heavy atom. The number of fused-ring (bicyclic) bond motifs is 1. The molecule has 4 rings (SSSR count). The van der Waals surface area contributed by atoms with Gasteiger partial charge in [0.25, 0.3) is 11.8 Å². The number of ether oxygens (including phenoxy) is 1. The van der Waals surface area contributed by atoms with Crippen LogP contribution in [0.5, 0.6) is 5.75 Å². The maximum Gasteiger partial charge on any atom is 0.308 e. The highest BCUT2D eigenvalue weighted by molar-refractivity contribution is 7.91. The van der Waals surface area contributed by atoms with E-state index < -0.39 is 27.8 Å². The highest BCUT2D eigenvalue weighted by Crippen LogP contribution is 2.40. The van der Waals surface area contributed by atoms with Crippen LogP contribution in [-0.4, -0.2) is 43.7 Å². The van der Waals surface area contributed by atoms with Crippen LogP contribution in [0.1, 0.15) is 57.8 Å². The molecule has 176 valence electrons. The summed E-state index contributed by atoms with van der Waals surface area (Å²) in [5, 5.41) is 6.13. The first-order valence-corrected chi connectivity index (χ1v) is 13.5. The first kappa shape index (κ1) is 23.4. The molecular formula is C23H26N2O6S2. The Balaban J connectivity index is 1.64. The highest BCUT2D eigenvalue weighted by atomic mass is 32.2. The second-order valence-electron chi connectivity index (χ2n) is 8.67. The lowest BCUT2D eigenvalue weighted by Crippen LogP contribution is -2.36. The number of para-hydroxylation sites is 1. The fourth-order valence-electron chi connectivity index (χ4n) is 4.31. The van der Waals surface area contributed by atoms with Gasteiger partial charge in [-0.25, -0.2) is 8.42 Å². The largest absolute Gasteiger partial charge is 0.426 e. The van der Waals surface area contributed by atoms with Gasteiger partial charge in [0.1, 0.15) is 10.8 Å². The predicted octanol–water partition coefficient (Wildman–Crippen LogP) is 2.97. The number of hydrogen-bond acceptors (Lipinski definition) is 7. The number of benzene rings is 1. The number of rotatable bonds is 5. The van der Waals surface area contributed by atoms with Gasteiger partial charge in [0.15, 0.2) is 9.84 Å². The average molecular weight is 491 g/mol. The number of carbonyl (C=O) groups excluding carboxylic acids is 3. The van der Waals surface area contributed by atoms with E-state index in [9.17, 15) is 22.8 Å². The number of thiophene rings is 1. The van der Waals surface area contributed by atoms with E-state index in [4.69, 9.17) is 4.74 Å². The number of carbonyl (C=O) groups is 3. The van der Waals surface area contributed by atoms with E-state index in [0.29, 0.717) is 22.9 Å². The van der Waals surface area contributed by atoms with Crippen LogP contribution in [-0.2, 0) is 27.5 Å². The Hall–Kier alpha value is -2.72. The first-order valence-electron chi connectivity index (χ1n) is 10.9. The van der Waals surface area contributed by atoms with Gasteiger partial charge in [0.05, 0.1) is 22.6 Å². The van der Waals surface area contributed by atoms with Crippen molar-refractivity contribution >= 4 is 44.0 Å². The number of nitrogens with one attached hydrogen (secondary N) is 2. The maximum absolute atomic E-state index is 13.3. The highest BCUT2D eigenvalue weighted by Gasteiger charge is 2.33. The maximum atomic E-state index is 13.3. The summed E-state index contributed by atoms with van der Waals surface area (Å²) in [7, 11) is -3.14. The summed E-state index contributed by atoms with van der Waals surface area (Å²) in [5.41, 5.74) is 1.50. The third-order valence-corrected chi connectivity index (χ3v) is 8.86. The minimum Gasteiger partial charge on any atom is -0.426 e. The minimum atomic E-state index is -3.14. The molecule has 2 heterocycles. The van der Waals surface area contributed by atoms with Crippen LogP contribution in [0, 0.1) is 5.92 Å². The molecule has 2 N–H and O–H groups in total. The van der Waals surface area contributed by atoms with Crippen LogP contribution in [0.15, 0.2) is 24.3 Å². The molecule has 0 bridgehead atoms.